The third-order valence-corrected chi connectivity index (χ3v) is 3.05. The number of pyridine rings is 2. The molecule has 0 aliphatic heterocycles. The van der Waals surface area contributed by atoms with Crippen molar-refractivity contribution in [3.05, 3.63) is 69.0 Å². The minimum absolute atomic E-state index is 0.0860. The summed E-state index contributed by atoms with van der Waals surface area (Å²) in [7, 11) is 0. The van der Waals surface area contributed by atoms with Crippen LogP contribution in [0.25, 0.3) is 10.9 Å². The van der Waals surface area contributed by atoms with Crippen molar-refractivity contribution < 1.29 is 14.6 Å². The molecule has 0 amide bonds. The van der Waals surface area contributed by atoms with E-state index in [0.29, 0.717) is 10.9 Å². The number of fused-ring (bicyclic) bond motifs is 1. The first-order valence-corrected chi connectivity index (χ1v) is 6.36. The standard InChI is InChI=1S/C14H8N4O5/c19-17(20)9-3-6-13(16-8-9)23-12-5-4-11(18(21)22)10-2-1-7-15-14(10)12/h1-8H. The highest BCUT2D eigenvalue weighted by Gasteiger charge is 2.16. The lowest BCUT2D eigenvalue weighted by molar-refractivity contribution is -0.385. The predicted molar refractivity (Wildman–Crippen MR) is 79.4 cm³/mol. The quantitative estimate of drug-likeness (QED) is 0.535. The van der Waals surface area contributed by atoms with E-state index < -0.39 is 9.85 Å². The van der Waals surface area contributed by atoms with E-state index in [9.17, 15) is 20.2 Å². The van der Waals surface area contributed by atoms with Crippen LogP contribution in [0.15, 0.2) is 48.8 Å². The summed E-state index contributed by atoms with van der Waals surface area (Å²) in [4.78, 5) is 28.5. The number of aromatic nitrogens is 2. The van der Waals surface area contributed by atoms with Crippen molar-refractivity contribution in [3.8, 4) is 11.6 Å². The zero-order valence-corrected chi connectivity index (χ0v) is 11.4. The van der Waals surface area contributed by atoms with E-state index >= 15 is 0 Å². The van der Waals surface area contributed by atoms with E-state index in [1.165, 1.54) is 30.5 Å². The molecule has 0 spiro atoms. The van der Waals surface area contributed by atoms with E-state index in [1.54, 1.807) is 12.1 Å². The number of nitro benzene ring substituents is 1. The maximum absolute atomic E-state index is 11.0. The maximum Gasteiger partial charge on any atom is 0.287 e. The number of ether oxygens (including phenoxy) is 1. The molecule has 9 heteroatoms. The number of benzene rings is 1. The van der Waals surface area contributed by atoms with Crippen LogP contribution < -0.4 is 4.74 Å². The summed E-state index contributed by atoms with van der Waals surface area (Å²) in [6, 6.07) is 8.47. The van der Waals surface area contributed by atoms with Gasteiger partial charge in [-0.2, -0.15) is 0 Å². The van der Waals surface area contributed by atoms with Crippen LogP contribution in [0.2, 0.25) is 0 Å². The molecule has 0 saturated carbocycles. The third-order valence-electron chi connectivity index (χ3n) is 3.05. The van der Waals surface area contributed by atoms with Crippen LogP contribution in [-0.4, -0.2) is 19.8 Å². The summed E-state index contributed by atoms with van der Waals surface area (Å²) in [5.74, 6) is 0.393. The molecule has 0 saturated heterocycles. The molecule has 2 aromatic heterocycles. The summed E-state index contributed by atoms with van der Waals surface area (Å²) in [5, 5.41) is 22.0. The molecule has 0 bridgehead atoms. The van der Waals surface area contributed by atoms with Gasteiger partial charge in [-0.25, -0.2) is 4.98 Å². The Morgan fingerprint density at radius 2 is 1.78 bits per heavy atom. The normalized spacial score (nSPS) is 10.4. The van der Waals surface area contributed by atoms with Crippen molar-refractivity contribution >= 4 is 22.3 Å². The molecule has 1 aromatic carbocycles. The number of non-ortho nitro benzene ring substituents is 1. The Hall–Kier alpha value is -3.62. The van der Waals surface area contributed by atoms with Crippen molar-refractivity contribution in [1.29, 1.82) is 0 Å². The SMILES string of the molecule is O=[N+]([O-])c1ccc(Oc2ccc([N+](=O)[O-])c3cccnc23)nc1. The second-order valence-electron chi connectivity index (χ2n) is 4.45. The van der Waals surface area contributed by atoms with Gasteiger partial charge in [0.25, 0.3) is 11.4 Å². The fourth-order valence-electron chi connectivity index (χ4n) is 2.03. The number of rotatable bonds is 4. The summed E-state index contributed by atoms with van der Waals surface area (Å²) in [6.07, 6.45) is 2.55. The van der Waals surface area contributed by atoms with E-state index in [4.69, 9.17) is 4.74 Å². The van der Waals surface area contributed by atoms with Gasteiger partial charge in [0.15, 0.2) is 5.75 Å². The topological polar surface area (TPSA) is 121 Å². The number of nitro groups is 2. The van der Waals surface area contributed by atoms with Crippen LogP contribution in [0.5, 0.6) is 11.6 Å². The van der Waals surface area contributed by atoms with Gasteiger partial charge < -0.3 is 4.74 Å². The first kappa shape index (κ1) is 14.3. The Labute approximate surface area is 128 Å². The minimum Gasteiger partial charge on any atom is -0.437 e. The fraction of sp³-hybridized carbons (Fsp3) is 0. The van der Waals surface area contributed by atoms with Crippen LogP contribution in [0.4, 0.5) is 11.4 Å². The highest BCUT2D eigenvalue weighted by atomic mass is 16.6. The Bertz CT molecular complexity index is 911. The van der Waals surface area contributed by atoms with Crippen LogP contribution in [-0.2, 0) is 0 Å². The second-order valence-corrected chi connectivity index (χ2v) is 4.45. The van der Waals surface area contributed by atoms with Gasteiger partial charge in [-0.05, 0) is 18.2 Å². The van der Waals surface area contributed by atoms with Crippen LogP contribution in [0, 0.1) is 20.2 Å². The van der Waals surface area contributed by atoms with E-state index in [1.807, 2.05) is 0 Å². The molecule has 0 atom stereocenters. The van der Waals surface area contributed by atoms with E-state index in [-0.39, 0.29) is 23.0 Å². The first-order valence-electron chi connectivity index (χ1n) is 6.36. The fourth-order valence-corrected chi connectivity index (χ4v) is 2.03. The van der Waals surface area contributed by atoms with Gasteiger partial charge in [0.1, 0.15) is 11.7 Å². The van der Waals surface area contributed by atoms with Crippen molar-refractivity contribution in [2.24, 2.45) is 0 Å². The lowest BCUT2D eigenvalue weighted by atomic mass is 10.1. The molecule has 0 N–H and O–H groups in total. The highest BCUT2D eigenvalue weighted by Crippen LogP contribution is 2.33. The Morgan fingerprint density at radius 1 is 0.957 bits per heavy atom. The summed E-state index contributed by atoms with van der Waals surface area (Å²) >= 11 is 0. The largest absolute Gasteiger partial charge is 0.437 e. The van der Waals surface area contributed by atoms with Gasteiger partial charge in [-0.15, -0.1) is 0 Å². The molecule has 114 valence electrons. The molecule has 0 unspecified atom stereocenters. The Kier molecular flexibility index (Phi) is 3.51. The van der Waals surface area contributed by atoms with Gasteiger partial charge in [0.05, 0.1) is 15.2 Å². The molecule has 0 fully saturated rings. The molecular formula is C14H8N4O5. The zero-order valence-electron chi connectivity index (χ0n) is 11.4. The lowest BCUT2D eigenvalue weighted by Crippen LogP contribution is -1.95. The van der Waals surface area contributed by atoms with Crippen molar-refractivity contribution in [2.75, 3.05) is 0 Å². The van der Waals surface area contributed by atoms with Crippen molar-refractivity contribution in [3.63, 3.8) is 0 Å². The van der Waals surface area contributed by atoms with Crippen LogP contribution in [0.1, 0.15) is 0 Å². The number of nitrogens with zero attached hydrogens (tertiary/aromatic N) is 4. The monoisotopic (exact) mass is 312 g/mol. The molecule has 2 heterocycles. The third kappa shape index (κ3) is 2.75. The molecule has 0 aliphatic rings. The van der Waals surface area contributed by atoms with Crippen LogP contribution >= 0.6 is 0 Å². The Balaban J connectivity index is 2.02. The average molecular weight is 312 g/mol. The highest BCUT2D eigenvalue weighted by molar-refractivity contribution is 5.92. The summed E-state index contributed by atoms with van der Waals surface area (Å²) in [5.41, 5.74) is 0.0583. The Morgan fingerprint density at radius 3 is 2.43 bits per heavy atom. The maximum atomic E-state index is 11.0. The molecule has 0 radical (unpaired) electrons. The molecule has 9 nitrogen and oxygen atoms in total. The minimum atomic E-state index is -0.570. The van der Waals surface area contributed by atoms with Crippen LogP contribution in [0.3, 0.4) is 0 Å². The summed E-state index contributed by atoms with van der Waals surface area (Å²) < 4.78 is 5.54. The van der Waals surface area contributed by atoms with Gasteiger partial charge >= 0.3 is 0 Å². The second kappa shape index (κ2) is 5.64. The van der Waals surface area contributed by atoms with E-state index in [0.717, 1.165) is 6.20 Å². The van der Waals surface area contributed by atoms with Crippen molar-refractivity contribution in [1.82, 2.24) is 9.97 Å². The number of hydrogen-bond donors (Lipinski definition) is 0. The molecule has 3 rings (SSSR count). The predicted octanol–water partition coefficient (Wildman–Crippen LogP) is 3.24. The molecule has 0 aliphatic carbocycles. The van der Waals surface area contributed by atoms with Gasteiger partial charge in [0, 0.05) is 24.4 Å². The first-order chi connectivity index (χ1) is 11.1. The zero-order chi connectivity index (χ0) is 16.4. The average Bonchev–Trinajstić information content (AvgIpc) is 2.55. The molecular weight excluding hydrogens is 304 g/mol. The van der Waals surface area contributed by atoms with Crippen molar-refractivity contribution in [2.45, 2.75) is 0 Å². The van der Waals surface area contributed by atoms with E-state index in [2.05, 4.69) is 9.97 Å². The molecule has 3 aromatic rings. The van der Waals surface area contributed by atoms with Gasteiger partial charge in [-0.3, -0.25) is 25.2 Å². The molecule has 23 heavy (non-hydrogen) atoms. The van der Waals surface area contributed by atoms with Gasteiger partial charge in [0.2, 0.25) is 5.88 Å². The smallest absolute Gasteiger partial charge is 0.287 e. The lowest BCUT2D eigenvalue weighted by Gasteiger charge is -2.07. The number of hydrogen-bond acceptors (Lipinski definition) is 7. The van der Waals surface area contributed by atoms with Gasteiger partial charge in [-0.1, -0.05) is 0 Å². The summed E-state index contributed by atoms with van der Waals surface area (Å²) in [6.45, 7) is 0.